The summed E-state index contributed by atoms with van der Waals surface area (Å²) in [6, 6.07) is 8.52. The van der Waals surface area contributed by atoms with Crippen LogP contribution in [0, 0.1) is 0 Å². The Balaban J connectivity index is 2.00. The van der Waals surface area contributed by atoms with Crippen LogP contribution in [0.15, 0.2) is 28.7 Å². The van der Waals surface area contributed by atoms with E-state index in [4.69, 9.17) is 10.6 Å². The third-order valence-corrected chi connectivity index (χ3v) is 3.47. The molecule has 2 unspecified atom stereocenters. The highest BCUT2D eigenvalue weighted by atomic mass is 79.9. The molecule has 1 aliphatic heterocycles. The molecule has 2 rings (SSSR count). The zero-order valence-corrected chi connectivity index (χ0v) is 10.7. The first-order valence-corrected chi connectivity index (χ1v) is 6.41. The van der Waals surface area contributed by atoms with Crippen molar-refractivity contribution in [3.63, 3.8) is 0 Å². The molecular weight excluding hydrogens is 268 g/mol. The van der Waals surface area contributed by atoms with Crippen LogP contribution in [0.25, 0.3) is 0 Å². The van der Waals surface area contributed by atoms with E-state index in [1.807, 2.05) is 12.1 Å². The Bertz CT molecular complexity index is 340. The maximum absolute atomic E-state index is 5.65. The molecule has 4 heteroatoms. The second kappa shape index (κ2) is 5.77. The molecular formula is C12H17BrN2O. The zero-order valence-electron chi connectivity index (χ0n) is 9.16. The Labute approximate surface area is 104 Å². The maximum atomic E-state index is 5.65. The molecule has 1 saturated heterocycles. The van der Waals surface area contributed by atoms with Crippen LogP contribution >= 0.6 is 15.9 Å². The van der Waals surface area contributed by atoms with Crippen LogP contribution in [-0.2, 0) is 11.2 Å². The highest BCUT2D eigenvalue weighted by Gasteiger charge is 2.25. The molecule has 0 saturated carbocycles. The van der Waals surface area contributed by atoms with Gasteiger partial charge in [-0.2, -0.15) is 0 Å². The fraction of sp³-hybridized carbons (Fsp3) is 0.500. The Morgan fingerprint density at radius 3 is 3.06 bits per heavy atom. The van der Waals surface area contributed by atoms with Gasteiger partial charge in [0.15, 0.2) is 0 Å². The van der Waals surface area contributed by atoms with Gasteiger partial charge in [-0.3, -0.25) is 11.3 Å². The van der Waals surface area contributed by atoms with E-state index in [9.17, 15) is 0 Å². The number of rotatable bonds is 4. The van der Waals surface area contributed by atoms with Crippen LogP contribution in [-0.4, -0.2) is 18.8 Å². The summed E-state index contributed by atoms with van der Waals surface area (Å²) in [4.78, 5) is 0. The third kappa shape index (κ3) is 3.04. The number of hydrogen-bond acceptors (Lipinski definition) is 3. The molecule has 0 radical (unpaired) electrons. The molecule has 0 amide bonds. The van der Waals surface area contributed by atoms with E-state index in [-0.39, 0.29) is 12.1 Å². The predicted octanol–water partition coefficient (Wildman–Crippen LogP) is 2.00. The lowest BCUT2D eigenvalue weighted by Gasteiger charge is -2.22. The molecule has 1 aromatic carbocycles. The summed E-state index contributed by atoms with van der Waals surface area (Å²) in [7, 11) is 0. The number of hydrazine groups is 1. The van der Waals surface area contributed by atoms with Crippen molar-refractivity contribution in [3.8, 4) is 0 Å². The Morgan fingerprint density at radius 1 is 1.56 bits per heavy atom. The zero-order chi connectivity index (χ0) is 11.4. The van der Waals surface area contributed by atoms with E-state index in [0.717, 1.165) is 30.3 Å². The quantitative estimate of drug-likeness (QED) is 0.657. The second-order valence-electron chi connectivity index (χ2n) is 4.16. The number of halogens is 1. The van der Waals surface area contributed by atoms with Crippen molar-refractivity contribution in [2.75, 3.05) is 6.61 Å². The summed E-state index contributed by atoms with van der Waals surface area (Å²) in [5.74, 6) is 5.60. The van der Waals surface area contributed by atoms with Crippen LogP contribution < -0.4 is 11.3 Å². The van der Waals surface area contributed by atoms with Crippen molar-refractivity contribution in [3.05, 3.63) is 34.3 Å². The molecule has 1 aliphatic rings. The van der Waals surface area contributed by atoms with E-state index < -0.39 is 0 Å². The minimum Gasteiger partial charge on any atom is -0.377 e. The van der Waals surface area contributed by atoms with Gasteiger partial charge in [0.1, 0.15) is 0 Å². The number of benzene rings is 1. The number of ether oxygens (including phenoxy) is 1. The predicted molar refractivity (Wildman–Crippen MR) is 67.9 cm³/mol. The first-order chi connectivity index (χ1) is 7.79. The summed E-state index contributed by atoms with van der Waals surface area (Å²) in [6.07, 6.45) is 3.40. The molecule has 0 aromatic heterocycles. The highest BCUT2D eigenvalue weighted by Crippen LogP contribution is 2.19. The van der Waals surface area contributed by atoms with Crippen molar-refractivity contribution < 1.29 is 4.74 Å². The lowest BCUT2D eigenvalue weighted by Crippen LogP contribution is -2.45. The minimum atomic E-state index is 0.205. The second-order valence-corrected chi connectivity index (χ2v) is 5.07. The van der Waals surface area contributed by atoms with Crippen LogP contribution in [0.3, 0.4) is 0 Å². The van der Waals surface area contributed by atoms with Gasteiger partial charge in [0.05, 0.1) is 12.1 Å². The maximum Gasteiger partial charge on any atom is 0.0745 e. The third-order valence-electron chi connectivity index (χ3n) is 2.97. The standard InChI is InChI=1S/C12H17BrN2O/c13-10-4-1-3-9(7-10)8-11(15-14)12-5-2-6-16-12/h1,3-4,7,11-12,15H,2,5-6,8,14H2. The Kier molecular flexibility index (Phi) is 4.35. The summed E-state index contributed by atoms with van der Waals surface area (Å²) in [5, 5.41) is 0. The van der Waals surface area contributed by atoms with Crippen molar-refractivity contribution in [2.45, 2.75) is 31.4 Å². The molecule has 1 heterocycles. The van der Waals surface area contributed by atoms with Gasteiger partial charge in [0.2, 0.25) is 0 Å². The van der Waals surface area contributed by atoms with E-state index in [1.54, 1.807) is 0 Å². The van der Waals surface area contributed by atoms with Crippen LogP contribution in [0.1, 0.15) is 18.4 Å². The van der Waals surface area contributed by atoms with Crippen LogP contribution in [0.4, 0.5) is 0 Å². The first-order valence-electron chi connectivity index (χ1n) is 5.62. The largest absolute Gasteiger partial charge is 0.377 e. The lowest BCUT2D eigenvalue weighted by molar-refractivity contribution is 0.0784. The van der Waals surface area contributed by atoms with Crippen molar-refractivity contribution in [1.29, 1.82) is 0 Å². The summed E-state index contributed by atoms with van der Waals surface area (Å²) < 4.78 is 6.76. The monoisotopic (exact) mass is 284 g/mol. The van der Waals surface area contributed by atoms with Crippen molar-refractivity contribution in [2.24, 2.45) is 5.84 Å². The van der Waals surface area contributed by atoms with Gasteiger partial charge in [0.25, 0.3) is 0 Å². The fourth-order valence-electron chi connectivity index (χ4n) is 2.14. The van der Waals surface area contributed by atoms with Crippen molar-refractivity contribution >= 4 is 15.9 Å². The molecule has 0 bridgehead atoms. The van der Waals surface area contributed by atoms with Gasteiger partial charge in [-0.1, -0.05) is 28.1 Å². The fourth-order valence-corrected chi connectivity index (χ4v) is 2.58. The molecule has 1 aromatic rings. The summed E-state index contributed by atoms with van der Waals surface area (Å²) in [5.41, 5.74) is 4.14. The average molecular weight is 285 g/mol. The molecule has 0 aliphatic carbocycles. The van der Waals surface area contributed by atoms with Crippen LogP contribution in [0.5, 0.6) is 0 Å². The average Bonchev–Trinajstić information content (AvgIpc) is 2.79. The van der Waals surface area contributed by atoms with Gasteiger partial charge in [0, 0.05) is 11.1 Å². The number of nitrogens with one attached hydrogen (secondary N) is 1. The molecule has 16 heavy (non-hydrogen) atoms. The summed E-state index contributed by atoms with van der Waals surface area (Å²) in [6.45, 7) is 0.862. The SMILES string of the molecule is NNC(Cc1cccc(Br)c1)C1CCCO1. The Hall–Kier alpha value is -0.420. The smallest absolute Gasteiger partial charge is 0.0745 e. The van der Waals surface area contributed by atoms with Crippen molar-refractivity contribution in [1.82, 2.24) is 5.43 Å². The number of nitrogens with two attached hydrogens (primary N) is 1. The molecule has 3 nitrogen and oxygen atoms in total. The van der Waals surface area contributed by atoms with Gasteiger partial charge in [-0.05, 0) is 37.0 Å². The lowest BCUT2D eigenvalue weighted by atomic mass is 10.0. The number of hydrogen-bond donors (Lipinski definition) is 2. The topological polar surface area (TPSA) is 47.3 Å². The molecule has 2 atom stereocenters. The van der Waals surface area contributed by atoms with Gasteiger partial charge < -0.3 is 4.74 Å². The highest BCUT2D eigenvalue weighted by molar-refractivity contribution is 9.10. The van der Waals surface area contributed by atoms with Gasteiger partial charge in [-0.25, -0.2) is 0 Å². The molecule has 88 valence electrons. The van der Waals surface area contributed by atoms with E-state index in [2.05, 4.69) is 33.5 Å². The normalized spacial score (nSPS) is 22.2. The van der Waals surface area contributed by atoms with Gasteiger partial charge in [-0.15, -0.1) is 0 Å². The minimum absolute atomic E-state index is 0.205. The van der Waals surface area contributed by atoms with E-state index in [1.165, 1.54) is 5.56 Å². The van der Waals surface area contributed by atoms with Crippen LogP contribution in [0.2, 0.25) is 0 Å². The molecule has 3 N–H and O–H groups in total. The molecule has 0 spiro atoms. The Morgan fingerprint density at radius 2 is 2.44 bits per heavy atom. The molecule has 1 fully saturated rings. The summed E-state index contributed by atoms with van der Waals surface area (Å²) >= 11 is 3.47. The van der Waals surface area contributed by atoms with E-state index >= 15 is 0 Å². The van der Waals surface area contributed by atoms with E-state index in [0.29, 0.717) is 0 Å². The van der Waals surface area contributed by atoms with Gasteiger partial charge >= 0.3 is 0 Å². The first kappa shape index (κ1) is 12.0.